The SMILES string of the molecule is CCOc1ccc(C(O)CN)c2cccnc12. The molecule has 0 saturated carbocycles. The van der Waals surface area contributed by atoms with Crippen LogP contribution in [0.1, 0.15) is 18.6 Å². The molecule has 0 radical (unpaired) electrons. The third-order valence-electron chi connectivity index (χ3n) is 2.65. The summed E-state index contributed by atoms with van der Waals surface area (Å²) in [4.78, 5) is 4.30. The molecule has 0 saturated heterocycles. The van der Waals surface area contributed by atoms with Crippen LogP contribution in [0.15, 0.2) is 30.5 Å². The van der Waals surface area contributed by atoms with Crippen LogP contribution in [0.2, 0.25) is 0 Å². The lowest BCUT2D eigenvalue weighted by molar-refractivity contribution is 0.188. The summed E-state index contributed by atoms with van der Waals surface area (Å²) in [7, 11) is 0. The Morgan fingerprint density at radius 1 is 1.41 bits per heavy atom. The molecule has 0 fully saturated rings. The van der Waals surface area contributed by atoms with Crippen molar-refractivity contribution >= 4 is 10.9 Å². The van der Waals surface area contributed by atoms with Gasteiger partial charge in [-0.1, -0.05) is 12.1 Å². The van der Waals surface area contributed by atoms with Crippen molar-refractivity contribution in [3.63, 3.8) is 0 Å². The van der Waals surface area contributed by atoms with Gasteiger partial charge in [-0.25, -0.2) is 0 Å². The smallest absolute Gasteiger partial charge is 0.145 e. The lowest BCUT2D eigenvalue weighted by Gasteiger charge is -2.13. The van der Waals surface area contributed by atoms with Gasteiger partial charge in [0.25, 0.3) is 0 Å². The average molecular weight is 232 g/mol. The van der Waals surface area contributed by atoms with Gasteiger partial charge < -0.3 is 15.6 Å². The number of aromatic nitrogens is 1. The molecule has 0 bridgehead atoms. The number of hydrogen-bond acceptors (Lipinski definition) is 4. The lowest BCUT2D eigenvalue weighted by atomic mass is 10.0. The molecule has 1 unspecified atom stereocenters. The van der Waals surface area contributed by atoms with Crippen molar-refractivity contribution in [2.75, 3.05) is 13.2 Å². The van der Waals surface area contributed by atoms with Gasteiger partial charge in [0.1, 0.15) is 11.3 Å². The average Bonchev–Trinajstić information content (AvgIpc) is 2.38. The summed E-state index contributed by atoms with van der Waals surface area (Å²) >= 11 is 0. The highest BCUT2D eigenvalue weighted by Gasteiger charge is 2.12. The maximum absolute atomic E-state index is 9.85. The summed E-state index contributed by atoms with van der Waals surface area (Å²) in [6.07, 6.45) is 1.04. The van der Waals surface area contributed by atoms with Crippen LogP contribution < -0.4 is 10.5 Å². The van der Waals surface area contributed by atoms with E-state index in [4.69, 9.17) is 10.5 Å². The molecule has 0 spiro atoms. The van der Waals surface area contributed by atoms with Crippen molar-refractivity contribution in [3.05, 3.63) is 36.0 Å². The van der Waals surface area contributed by atoms with Crippen LogP contribution in [0.25, 0.3) is 10.9 Å². The summed E-state index contributed by atoms with van der Waals surface area (Å²) in [5.74, 6) is 0.732. The van der Waals surface area contributed by atoms with Crippen molar-refractivity contribution in [1.82, 2.24) is 4.98 Å². The minimum absolute atomic E-state index is 0.192. The van der Waals surface area contributed by atoms with E-state index in [1.54, 1.807) is 6.20 Å². The molecule has 1 aromatic carbocycles. The fourth-order valence-corrected chi connectivity index (χ4v) is 1.86. The number of rotatable bonds is 4. The van der Waals surface area contributed by atoms with Crippen LogP contribution in [0, 0.1) is 0 Å². The lowest BCUT2D eigenvalue weighted by Crippen LogP contribution is -2.12. The van der Waals surface area contributed by atoms with Gasteiger partial charge in [-0.05, 0) is 24.6 Å². The highest BCUT2D eigenvalue weighted by Crippen LogP contribution is 2.29. The van der Waals surface area contributed by atoms with Gasteiger partial charge in [-0.2, -0.15) is 0 Å². The Hall–Kier alpha value is -1.65. The molecule has 2 rings (SSSR count). The van der Waals surface area contributed by atoms with E-state index < -0.39 is 6.10 Å². The van der Waals surface area contributed by atoms with Gasteiger partial charge in [0, 0.05) is 18.1 Å². The maximum Gasteiger partial charge on any atom is 0.145 e. The molecule has 90 valence electrons. The number of fused-ring (bicyclic) bond motifs is 1. The first-order valence-corrected chi connectivity index (χ1v) is 5.66. The van der Waals surface area contributed by atoms with E-state index in [1.165, 1.54) is 0 Å². The van der Waals surface area contributed by atoms with E-state index in [2.05, 4.69) is 4.98 Å². The summed E-state index contributed by atoms with van der Waals surface area (Å²) < 4.78 is 5.51. The molecule has 0 aliphatic carbocycles. The Labute approximate surface area is 100 Å². The largest absolute Gasteiger partial charge is 0.492 e. The van der Waals surface area contributed by atoms with Crippen LogP contribution in [0.4, 0.5) is 0 Å². The standard InChI is InChI=1S/C13H16N2O2/c1-2-17-12-6-5-9(11(16)8-14)10-4-3-7-15-13(10)12/h3-7,11,16H,2,8,14H2,1H3. The molecule has 1 atom stereocenters. The first-order valence-electron chi connectivity index (χ1n) is 5.66. The Balaban J connectivity index is 2.62. The van der Waals surface area contributed by atoms with Crippen molar-refractivity contribution in [2.24, 2.45) is 5.73 Å². The monoisotopic (exact) mass is 232 g/mol. The van der Waals surface area contributed by atoms with E-state index >= 15 is 0 Å². The zero-order valence-corrected chi connectivity index (χ0v) is 9.76. The Morgan fingerprint density at radius 2 is 2.24 bits per heavy atom. The first kappa shape index (κ1) is 11.8. The topological polar surface area (TPSA) is 68.4 Å². The molecule has 3 N–H and O–H groups in total. The number of aliphatic hydroxyl groups is 1. The molecule has 4 heteroatoms. The van der Waals surface area contributed by atoms with Crippen molar-refractivity contribution in [1.29, 1.82) is 0 Å². The van der Waals surface area contributed by atoms with E-state index in [9.17, 15) is 5.11 Å². The molecule has 2 aromatic rings. The maximum atomic E-state index is 9.85. The Bertz CT molecular complexity index is 514. The quantitative estimate of drug-likeness (QED) is 0.840. The molecule has 1 aromatic heterocycles. The fraction of sp³-hybridized carbons (Fsp3) is 0.308. The molecule has 4 nitrogen and oxygen atoms in total. The van der Waals surface area contributed by atoms with Crippen LogP contribution >= 0.6 is 0 Å². The number of benzene rings is 1. The summed E-state index contributed by atoms with van der Waals surface area (Å²) in [5, 5.41) is 10.7. The first-order chi connectivity index (χ1) is 8.27. The molecule has 1 heterocycles. The number of hydrogen-bond donors (Lipinski definition) is 2. The predicted octanol–water partition coefficient (Wildman–Crippen LogP) is 1.63. The number of nitrogens with zero attached hydrogens (tertiary/aromatic N) is 1. The van der Waals surface area contributed by atoms with Gasteiger partial charge in [0.15, 0.2) is 0 Å². The van der Waals surface area contributed by atoms with Gasteiger partial charge in [-0.15, -0.1) is 0 Å². The van der Waals surface area contributed by atoms with Gasteiger partial charge in [0.05, 0.1) is 12.7 Å². The number of aliphatic hydroxyl groups excluding tert-OH is 1. The third-order valence-corrected chi connectivity index (χ3v) is 2.65. The van der Waals surface area contributed by atoms with Gasteiger partial charge in [-0.3, -0.25) is 4.98 Å². The molecular formula is C13H16N2O2. The second kappa shape index (κ2) is 5.12. The van der Waals surface area contributed by atoms with Crippen LogP contribution in [-0.2, 0) is 0 Å². The van der Waals surface area contributed by atoms with Crippen molar-refractivity contribution in [2.45, 2.75) is 13.0 Å². The Kier molecular flexibility index (Phi) is 3.56. The minimum Gasteiger partial charge on any atom is -0.492 e. The van der Waals surface area contributed by atoms with Crippen molar-refractivity contribution in [3.8, 4) is 5.75 Å². The second-order valence-corrected chi connectivity index (χ2v) is 3.74. The van der Waals surface area contributed by atoms with Crippen LogP contribution in [0.5, 0.6) is 5.75 Å². The Morgan fingerprint density at radius 3 is 2.94 bits per heavy atom. The normalized spacial score (nSPS) is 12.6. The van der Waals surface area contributed by atoms with Crippen molar-refractivity contribution < 1.29 is 9.84 Å². The van der Waals surface area contributed by atoms with E-state index in [0.717, 1.165) is 22.2 Å². The van der Waals surface area contributed by atoms with E-state index in [1.807, 2.05) is 31.2 Å². The third kappa shape index (κ3) is 2.23. The highest BCUT2D eigenvalue weighted by atomic mass is 16.5. The van der Waals surface area contributed by atoms with E-state index in [0.29, 0.717) is 6.61 Å². The summed E-state index contributed by atoms with van der Waals surface area (Å²) in [5.41, 5.74) is 7.04. The second-order valence-electron chi connectivity index (χ2n) is 3.74. The number of ether oxygens (including phenoxy) is 1. The molecule has 17 heavy (non-hydrogen) atoms. The molecule has 0 aliphatic heterocycles. The summed E-state index contributed by atoms with van der Waals surface area (Å²) in [6, 6.07) is 7.42. The summed E-state index contributed by atoms with van der Waals surface area (Å²) in [6.45, 7) is 2.71. The number of pyridine rings is 1. The van der Waals surface area contributed by atoms with Gasteiger partial charge in [0.2, 0.25) is 0 Å². The van der Waals surface area contributed by atoms with Gasteiger partial charge >= 0.3 is 0 Å². The zero-order valence-electron chi connectivity index (χ0n) is 9.76. The van der Waals surface area contributed by atoms with Crippen LogP contribution in [-0.4, -0.2) is 23.2 Å². The van der Waals surface area contributed by atoms with Crippen LogP contribution in [0.3, 0.4) is 0 Å². The zero-order chi connectivity index (χ0) is 12.3. The fourth-order valence-electron chi connectivity index (χ4n) is 1.86. The van der Waals surface area contributed by atoms with E-state index in [-0.39, 0.29) is 6.54 Å². The molecule has 0 amide bonds. The predicted molar refractivity (Wildman–Crippen MR) is 66.9 cm³/mol. The number of nitrogens with two attached hydrogens (primary N) is 1. The molecule has 0 aliphatic rings. The molecular weight excluding hydrogens is 216 g/mol. The minimum atomic E-state index is -0.669. The highest BCUT2D eigenvalue weighted by molar-refractivity contribution is 5.87.